The Balaban J connectivity index is 2.18. The van der Waals surface area contributed by atoms with Gasteiger partial charge in [0.1, 0.15) is 5.82 Å². The summed E-state index contributed by atoms with van der Waals surface area (Å²) in [5, 5.41) is 4.36. The number of hydrogen-bond acceptors (Lipinski definition) is 3. The number of fused-ring (bicyclic) bond motifs is 1. The molecule has 0 spiro atoms. The Morgan fingerprint density at radius 1 is 1.00 bits per heavy atom. The van der Waals surface area contributed by atoms with E-state index in [0.29, 0.717) is 21.4 Å². The van der Waals surface area contributed by atoms with Crippen molar-refractivity contribution in [2.24, 2.45) is 0 Å². The second-order valence-electron chi connectivity index (χ2n) is 5.23. The lowest BCUT2D eigenvalue weighted by Crippen LogP contribution is -2.07. The fourth-order valence-corrected chi connectivity index (χ4v) is 3.37. The van der Waals surface area contributed by atoms with Gasteiger partial charge in [0.2, 0.25) is 0 Å². The van der Waals surface area contributed by atoms with Gasteiger partial charge in [-0.15, -0.1) is 0 Å². The first kappa shape index (κ1) is 14.6. The number of benzene rings is 1. The maximum absolute atomic E-state index is 6.29. The summed E-state index contributed by atoms with van der Waals surface area (Å²) in [7, 11) is 1.89. The van der Waals surface area contributed by atoms with Crippen LogP contribution in [0.1, 0.15) is 30.5 Å². The van der Waals surface area contributed by atoms with E-state index in [1.54, 1.807) is 0 Å². The molecular formula is C16H17Cl2N3. The first-order valence-corrected chi connectivity index (χ1v) is 7.98. The van der Waals surface area contributed by atoms with Gasteiger partial charge in [-0.25, -0.2) is 9.97 Å². The van der Waals surface area contributed by atoms with E-state index in [-0.39, 0.29) is 0 Å². The lowest BCUT2D eigenvalue weighted by molar-refractivity contribution is 0.709. The largest absolute Gasteiger partial charge is 0.373 e. The van der Waals surface area contributed by atoms with Crippen LogP contribution in [0.15, 0.2) is 18.2 Å². The molecule has 1 aromatic heterocycles. The van der Waals surface area contributed by atoms with Crippen LogP contribution in [0.4, 0.5) is 5.82 Å². The van der Waals surface area contributed by atoms with Gasteiger partial charge in [-0.2, -0.15) is 0 Å². The molecule has 1 aliphatic carbocycles. The molecule has 0 saturated carbocycles. The van der Waals surface area contributed by atoms with Gasteiger partial charge in [0.05, 0.1) is 15.6 Å². The summed E-state index contributed by atoms with van der Waals surface area (Å²) in [5.74, 6) is 1.50. The highest BCUT2D eigenvalue weighted by atomic mass is 35.5. The van der Waals surface area contributed by atoms with Crippen LogP contribution < -0.4 is 5.32 Å². The number of nitrogens with one attached hydrogen (secondary N) is 1. The maximum Gasteiger partial charge on any atom is 0.164 e. The van der Waals surface area contributed by atoms with Gasteiger partial charge in [-0.3, -0.25) is 0 Å². The molecule has 110 valence electrons. The van der Waals surface area contributed by atoms with Gasteiger partial charge in [0.25, 0.3) is 0 Å². The zero-order valence-corrected chi connectivity index (χ0v) is 13.4. The van der Waals surface area contributed by atoms with E-state index in [1.807, 2.05) is 25.2 Å². The minimum absolute atomic E-state index is 0.582. The van der Waals surface area contributed by atoms with Crippen LogP contribution in [0.25, 0.3) is 11.4 Å². The molecule has 0 saturated heterocycles. The number of aromatic nitrogens is 2. The van der Waals surface area contributed by atoms with E-state index in [9.17, 15) is 0 Å². The van der Waals surface area contributed by atoms with E-state index in [2.05, 4.69) is 10.3 Å². The number of aryl methyl sites for hydroxylation is 1. The summed E-state index contributed by atoms with van der Waals surface area (Å²) in [4.78, 5) is 9.40. The third-order valence-electron chi connectivity index (χ3n) is 3.86. The lowest BCUT2D eigenvalue weighted by atomic mass is 10.1. The van der Waals surface area contributed by atoms with Crippen molar-refractivity contribution in [3.8, 4) is 11.4 Å². The normalized spacial score (nSPS) is 14.4. The molecule has 0 amide bonds. The molecule has 1 aliphatic rings. The Morgan fingerprint density at radius 3 is 2.43 bits per heavy atom. The minimum atomic E-state index is 0.582. The third-order valence-corrected chi connectivity index (χ3v) is 4.49. The summed E-state index contributed by atoms with van der Waals surface area (Å²) < 4.78 is 0. The van der Waals surface area contributed by atoms with Crippen LogP contribution in [0.2, 0.25) is 10.0 Å². The molecule has 5 heteroatoms. The fraction of sp³-hybridized carbons (Fsp3) is 0.375. The van der Waals surface area contributed by atoms with E-state index in [4.69, 9.17) is 28.2 Å². The average Bonchev–Trinajstić information content (AvgIpc) is 2.71. The number of hydrogen-bond donors (Lipinski definition) is 1. The number of anilines is 1. The predicted octanol–water partition coefficient (Wildman–Crippen LogP) is 4.76. The van der Waals surface area contributed by atoms with E-state index in [0.717, 1.165) is 24.4 Å². The van der Waals surface area contributed by atoms with Gasteiger partial charge < -0.3 is 5.32 Å². The SMILES string of the molecule is CNc1nc(-c2c(Cl)cccc2Cl)nc2c1CCCCC2. The molecule has 0 aliphatic heterocycles. The molecule has 21 heavy (non-hydrogen) atoms. The second-order valence-corrected chi connectivity index (χ2v) is 6.04. The summed E-state index contributed by atoms with van der Waals surface area (Å²) in [5.41, 5.74) is 3.07. The Morgan fingerprint density at radius 2 is 1.71 bits per heavy atom. The summed E-state index contributed by atoms with van der Waals surface area (Å²) in [6.07, 6.45) is 5.62. The number of nitrogens with zero attached hydrogens (tertiary/aromatic N) is 2. The highest BCUT2D eigenvalue weighted by molar-refractivity contribution is 6.38. The van der Waals surface area contributed by atoms with E-state index in [1.165, 1.54) is 24.8 Å². The van der Waals surface area contributed by atoms with Crippen LogP contribution in [-0.2, 0) is 12.8 Å². The standard InChI is InChI=1S/C16H17Cl2N3/c1-19-15-10-6-3-2-4-9-13(10)20-16(21-15)14-11(17)7-5-8-12(14)18/h5,7-8H,2-4,6,9H2,1H3,(H,19,20,21). The first-order valence-electron chi connectivity index (χ1n) is 7.22. The van der Waals surface area contributed by atoms with Crippen LogP contribution in [0.5, 0.6) is 0 Å². The lowest BCUT2D eigenvalue weighted by Gasteiger charge is -2.14. The third kappa shape index (κ3) is 2.85. The van der Waals surface area contributed by atoms with Gasteiger partial charge in [-0.1, -0.05) is 35.7 Å². The average molecular weight is 322 g/mol. The van der Waals surface area contributed by atoms with Crippen molar-refractivity contribution in [1.82, 2.24) is 9.97 Å². The topological polar surface area (TPSA) is 37.8 Å². The number of rotatable bonds is 2. The Kier molecular flexibility index (Phi) is 4.32. The van der Waals surface area contributed by atoms with Gasteiger partial charge in [0.15, 0.2) is 5.82 Å². The molecule has 1 N–H and O–H groups in total. The van der Waals surface area contributed by atoms with Gasteiger partial charge in [-0.05, 0) is 37.8 Å². The molecule has 0 bridgehead atoms. The summed E-state index contributed by atoms with van der Waals surface area (Å²) in [6, 6.07) is 5.46. The zero-order valence-electron chi connectivity index (χ0n) is 11.9. The van der Waals surface area contributed by atoms with Gasteiger partial charge in [0, 0.05) is 18.3 Å². The number of halogens is 2. The molecule has 0 fully saturated rings. The van der Waals surface area contributed by atoms with E-state index >= 15 is 0 Å². The Hall–Kier alpha value is -1.32. The summed E-state index contributed by atoms with van der Waals surface area (Å²) in [6.45, 7) is 0. The Bertz CT molecular complexity index is 651. The second kappa shape index (κ2) is 6.20. The minimum Gasteiger partial charge on any atom is -0.373 e. The molecule has 3 nitrogen and oxygen atoms in total. The monoisotopic (exact) mass is 321 g/mol. The van der Waals surface area contributed by atoms with Crippen LogP contribution in [-0.4, -0.2) is 17.0 Å². The maximum atomic E-state index is 6.29. The molecule has 3 rings (SSSR count). The quantitative estimate of drug-likeness (QED) is 0.810. The van der Waals surface area contributed by atoms with Crippen molar-refractivity contribution in [2.75, 3.05) is 12.4 Å². The van der Waals surface area contributed by atoms with Crippen molar-refractivity contribution in [3.63, 3.8) is 0 Å². The van der Waals surface area contributed by atoms with Crippen molar-refractivity contribution in [2.45, 2.75) is 32.1 Å². The smallest absolute Gasteiger partial charge is 0.164 e. The van der Waals surface area contributed by atoms with Gasteiger partial charge >= 0.3 is 0 Å². The van der Waals surface area contributed by atoms with Crippen molar-refractivity contribution < 1.29 is 0 Å². The molecule has 0 unspecified atom stereocenters. The van der Waals surface area contributed by atoms with Crippen LogP contribution in [0.3, 0.4) is 0 Å². The predicted molar refractivity (Wildman–Crippen MR) is 88.3 cm³/mol. The molecule has 1 aromatic carbocycles. The van der Waals surface area contributed by atoms with Crippen molar-refractivity contribution >= 4 is 29.0 Å². The summed E-state index contributed by atoms with van der Waals surface area (Å²) >= 11 is 12.6. The molecule has 2 aromatic rings. The molecule has 0 atom stereocenters. The zero-order chi connectivity index (χ0) is 14.8. The fourth-order valence-electron chi connectivity index (χ4n) is 2.80. The van der Waals surface area contributed by atoms with Crippen molar-refractivity contribution in [1.29, 1.82) is 0 Å². The van der Waals surface area contributed by atoms with Crippen LogP contribution in [0, 0.1) is 0 Å². The van der Waals surface area contributed by atoms with Crippen molar-refractivity contribution in [3.05, 3.63) is 39.5 Å². The molecule has 0 radical (unpaired) electrons. The highest BCUT2D eigenvalue weighted by Gasteiger charge is 2.19. The Labute approximate surface area is 134 Å². The molecule has 1 heterocycles. The van der Waals surface area contributed by atoms with E-state index < -0.39 is 0 Å². The first-order chi connectivity index (χ1) is 10.2. The molecular weight excluding hydrogens is 305 g/mol. The van der Waals surface area contributed by atoms with Crippen LogP contribution >= 0.6 is 23.2 Å². The highest BCUT2D eigenvalue weighted by Crippen LogP contribution is 2.35.